The molecule has 0 amide bonds. The first-order valence-corrected chi connectivity index (χ1v) is 8.81. The Balaban J connectivity index is 1.92. The number of aromatic nitrogens is 1. The van der Waals surface area contributed by atoms with E-state index >= 15 is 0 Å². The third kappa shape index (κ3) is 3.33. The molecule has 0 aromatic carbocycles. The van der Waals surface area contributed by atoms with Gasteiger partial charge < -0.3 is 14.4 Å². The maximum absolute atomic E-state index is 12.2. The fraction of sp³-hybridized carbons (Fsp3) is 0.625. The average molecular weight is 322 g/mol. The number of carbonyl (C=O) groups excluding carboxylic acids is 1. The molecule has 1 fully saturated rings. The zero-order valence-electron chi connectivity index (χ0n) is 13.0. The van der Waals surface area contributed by atoms with Crippen molar-refractivity contribution >= 4 is 27.9 Å². The van der Waals surface area contributed by atoms with E-state index in [0.29, 0.717) is 25.5 Å². The SMILES string of the molecule is CCOC(=O)c1nc(C2=CCCCC2)sc1N1CCOCC1. The summed E-state index contributed by atoms with van der Waals surface area (Å²) in [5.41, 5.74) is 1.75. The molecule has 22 heavy (non-hydrogen) atoms. The van der Waals surface area contributed by atoms with Crippen molar-refractivity contribution in [3.63, 3.8) is 0 Å². The quantitative estimate of drug-likeness (QED) is 0.797. The van der Waals surface area contributed by atoms with Gasteiger partial charge in [-0.2, -0.15) is 0 Å². The molecule has 1 aliphatic carbocycles. The molecule has 5 nitrogen and oxygen atoms in total. The van der Waals surface area contributed by atoms with Crippen LogP contribution in [0.4, 0.5) is 5.00 Å². The highest BCUT2D eigenvalue weighted by molar-refractivity contribution is 7.17. The second kappa shape index (κ2) is 7.24. The first-order valence-electron chi connectivity index (χ1n) is 7.99. The molecular weight excluding hydrogens is 300 g/mol. The fourth-order valence-electron chi connectivity index (χ4n) is 2.80. The summed E-state index contributed by atoms with van der Waals surface area (Å²) in [5.74, 6) is -0.317. The third-order valence-corrected chi connectivity index (χ3v) is 5.13. The van der Waals surface area contributed by atoms with Crippen LogP contribution in [-0.2, 0) is 9.47 Å². The molecule has 2 aliphatic rings. The molecular formula is C16H22N2O3S. The molecule has 2 heterocycles. The molecule has 1 saturated heterocycles. The van der Waals surface area contributed by atoms with Gasteiger partial charge in [0.05, 0.1) is 19.8 Å². The molecule has 0 atom stereocenters. The Kier molecular flexibility index (Phi) is 5.10. The van der Waals surface area contributed by atoms with Crippen molar-refractivity contribution in [2.75, 3.05) is 37.8 Å². The maximum Gasteiger partial charge on any atom is 0.360 e. The van der Waals surface area contributed by atoms with Crippen molar-refractivity contribution in [1.82, 2.24) is 4.98 Å². The van der Waals surface area contributed by atoms with Crippen LogP contribution in [0, 0.1) is 0 Å². The van der Waals surface area contributed by atoms with Gasteiger partial charge in [-0.05, 0) is 38.2 Å². The number of thiazole rings is 1. The molecule has 0 unspecified atom stereocenters. The predicted molar refractivity (Wildman–Crippen MR) is 87.5 cm³/mol. The summed E-state index contributed by atoms with van der Waals surface area (Å²) in [7, 11) is 0. The van der Waals surface area contributed by atoms with Gasteiger partial charge in [-0.1, -0.05) is 17.4 Å². The third-order valence-electron chi connectivity index (χ3n) is 3.94. The molecule has 0 N–H and O–H groups in total. The van der Waals surface area contributed by atoms with Gasteiger partial charge in [0.25, 0.3) is 0 Å². The molecule has 0 saturated carbocycles. The number of nitrogens with zero attached hydrogens (tertiary/aromatic N) is 2. The predicted octanol–water partition coefficient (Wildman–Crippen LogP) is 3.11. The Hall–Kier alpha value is -1.40. The van der Waals surface area contributed by atoms with Crippen LogP contribution >= 0.6 is 11.3 Å². The van der Waals surface area contributed by atoms with Crippen molar-refractivity contribution < 1.29 is 14.3 Å². The van der Waals surface area contributed by atoms with Crippen LogP contribution in [0.15, 0.2) is 6.08 Å². The van der Waals surface area contributed by atoms with Gasteiger partial charge in [0.15, 0.2) is 5.69 Å². The number of hydrogen-bond acceptors (Lipinski definition) is 6. The van der Waals surface area contributed by atoms with Gasteiger partial charge in [-0.15, -0.1) is 0 Å². The highest BCUT2D eigenvalue weighted by Gasteiger charge is 2.26. The van der Waals surface area contributed by atoms with Crippen molar-refractivity contribution in [1.29, 1.82) is 0 Å². The Morgan fingerprint density at radius 3 is 2.91 bits per heavy atom. The van der Waals surface area contributed by atoms with E-state index in [4.69, 9.17) is 9.47 Å². The Morgan fingerprint density at radius 2 is 2.23 bits per heavy atom. The minimum atomic E-state index is -0.317. The van der Waals surface area contributed by atoms with Crippen molar-refractivity contribution in [3.8, 4) is 0 Å². The molecule has 0 spiro atoms. The van der Waals surface area contributed by atoms with Crippen LogP contribution in [0.2, 0.25) is 0 Å². The van der Waals surface area contributed by atoms with Crippen molar-refractivity contribution in [2.24, 2.45) is 0 Å². The number of carbonyl (C=O) groups is 1. The number of ether oxygens (including phenoxy) is 2. The summed E-state index contributed by atoms with van der Waals surface area (Å²) in [6.07, 6.45) is 6.87. The summed E-state index contributed by atoms with van der Waals surface area (Å²) in [6.45, 7) is 5.18. The van der Waals surface area contributed by atoms with E-state index in [1.807, 2.05) is 6.92 Å². The summed E-state index contributed by atoms with van der Waals surface area (Å²) in [5, 5.41) is 1.91. The van der Waals surface area contributed by atoms with Gasteiger partial charge in [-0.3, -0.25) is 0 Å². The number of morpholine rings is 1. The number of allylic oxidation sites excluding steroid dienone is 2. The van der Waals surface area contributed by atoms with E-state index in [2.05, 4.69) is 16.0 Å². The van der Waals surface area contributed by atoms with E-state index in [9.17, 15) is 4.79 Å². The summed E-state index contributed by atoms with van der Waals surface area (Å²) >= 11 is 1.62. The zero-order chi connectivity index (χ0) is 15.4. The fourth-order valence-corrected chi connectivity index (χ4v) is 3.97. The van der Waals surface area contributed by atoms with Crippen LogP contribution in [0.3, 0.4) is 0 Å². The molecule has 6 heteroatoms. The highest BCUT2D eigenvalue weighted by Crippen LogP contribution is 2.36. The first kappa shape index (κ1) is 15.5. The molecule has 0 radical (unpaired) electrons. The van der Waals surface area contributed by atoms with Crippen LogP contribution < -0.4 is 4.90 Å². The van der Waals surface area contributed by atoms with Gasteiger partial charge in [0.1, 0.15) is 10.0 Å². The van der Waals surface area contributed by atoms with Crippen molar-refractivity contribution in [2.45, 2.75) is 32.6 Å². The van der Waals surface area contributed by atoms with Crippen LogP contribution in [0.5, 0.6) is 0 Å². The van der Waals surface area contributed by atoms with Crippen LogP contribution in [0.25, 0.3) is 5.57 Å². The topological polar surface area (TPSA) is 51.7 Å². The molecule has 1 aliphatic heterocycles. The van der Waals surface area contributed by atoms with Crippen LogP contribution in [-0.4, -0.2) is 43.9 Å². The van der Waals surface area contributed by atoms with E-state index < -0.39 is 0 Å². The summed E-state index contributed by atoms with van der Waals surface area (Å²) < 4.78 is 10.6. The van der Waals surface area contributed by atoms with Crippen LogP contribution in [0.1, 0.15) is 48.1 Å². The minimum Gasteiger partial charge on any atom is -0.461 e. The molecule has 0 bridgehead atoms. The second-order valence-electron chi connectivity index (χ2n) is 5.47. The lowest BCUT2D eigenvalue weighted by Crippen LogP contribution is -2.36. The second-order valence-corrected chi connectivity index (χ2v) is 6.45. The number of rotatable bonds is 4. The Labute approximate surface area is 134 Å². The van der Waals surface area contributed by atoms with E-state index in [-0.39, 0.29) is 5.97 Å². The number of hydrogen-bond donors (Lipinski definition) is 0. The normalized spacial score (nSPS) is 19.0. The maximum atomic E-state index is 12.2. The molecule has 3 rings (SSSR count). The van der Waals surface area contributed by atoms with Gasteiger partial charge in [0, 0.05) is 13.1 Å². The lowest BCUT2D eigenvalue weighted by Gasteiger charge is -2.27. The smallest absolute Gasteiger partial charge is 0.360 e. The zero-order valence-corrected chi connectivity index (χ0v) is 13.8. The Bertz CT molecular complexity index is 562. The standard InChI is InChI=1S/C16H22N2O3S/c1-2-21-16(19)13-15(18-8-10-20-11-9-18)22-14(17-13)12-6-4-3-5-7-12/h6H,2-5,7-11H2,1H3. The van der Waals surface area contributed by atoms with E-state index in [1.165, 1.54) is 18.4 Å². The highest BCUT2D eigenvalue weighted by atomic mass is 32.1. The lowest BCUT2D eigenvalue weighted by molar-refractivity contribution is 0.0520. The number of anilines is 1. The lowest BCUT2D eigenvalue weighted by atomic mass is 10.0. The number of esters is 1. The largest absolute Gasteiger partial charge is 0.461 e. The molecule has 1 aromatic rings. The van der Waals surface area contributed by atoms with Gasteiger partial charge in [-0.25, -0.2) is 9.78 Å². The summed E-state index contributed by atoms with van der Waals surface area (Å²) in [4.78, 5) is 19.1. The Morgan fingerprint density at radius 1 is 1.41 bits per heavy atom. The first-order chi connectivity index (χ1) is 10.8. The molecule has 120 valence electrons. The van der Waals surface area contributed by atoms with Gasteiger partial charge >= 0.3 is 5.97 Å². The van der Waals surface area contributed by atoms with E-state index in [0.717, 1.165) is 35.9 Å². The van der Waals surface area contributed by atoms with Gasteiger partial charge in [0.2, 0.25) is 0 Å². The minimum absolute atomic E-state index is 0.317. The average Bonchev–Trinajstić information content (AvgIpc) is 3.02. The monoisotopic (exact) mass is 322 g/mol. The molecule has 1 aromatic heterocycles. The summed E-state index contributed by atoms with van der Waals surface area (Å²) in [6, 6.07) is 0. The van der Waals surface area contributed by atoms with Crippen molar-refractivity contribution in [3.05, 3.63) is 16.8 Å². The van der Waals surface area contributed by atoms with E-state index in [1.54, 1.807) is 11.3 Å².